The lowest BCUT2D eigenvalue weighted by Gasteiger charge is -2.29. The van der Waals surface area contributed by atoms with E-state index in [0.29, 0.717) is 26.1 Å². The van der Waals surface area contributed by atoms with Crippen LogP contribution in [0.3, 0.4) is 0 Å². The van der Waals surface area contributed by atoms with Crippen LogP contribution in [0.5, 0.6) is 0 Å². The molecule has 0 spiro atoms. The van der Waals surface area contributed by atoms with E-state index in [1.54, 1.807) is 6.92 Å². The molecule has 4 heteroatoms. The Hall–Kier alpha value is -1.23. The fraction of sp³-hybridized carbons (Fsp3) is 0.650. The van der Waals surface area contributed by atoms with Crippen LogP contribution in [0.4, 0.5) is 0 Å². The van der Waals surface area contributed by atoms with Gasteiger partial charge < -0.3 is 19.0 Å². The zero-order valence-electron chi connectivity index (χ0n) is 15.3. The lowest BCUT2D eigenvalue weighted by atomic mass is 9.90. The summed E-state index contributed by atoms with van der Waals surface area (Å²) in [5.41, 5.74) is 0.819. The maximum atomic E-state index is 11.3. The third-order valence-corrected chi connectivity index (χ3v) is 4.42. The normalized spacial score (nSPS) is 25.8. The minimum Gasteiger partial charge on any atom is -0.377 e. The maximum absolute atomic E-state index is 11.3. The van der Waals surface area contributed by atoms with Gasteiger partial charge in [-0.25, -0.2) is 0 Å². The van der Waals surface area contributed by atoms with E-state index in [4.69, 9.17) is 14.2 Å². The second-order valence-electron chi connectivity index (χ2n) is 7.30. The minimum absolute atomic E-state index is 0.0504. The van der Waals surface area contributed by atoms with E-state index >= 15 is 0 Å². The van der Waals surface area contributed by atoms with Gasteiger partial charge in [-0.1, -0.05) is 30.3 Å². The third-order valence-electron chi connectivity index (χ3n) is 4.42. The summed E-state index contributed by atoms with van der Waals surface area (Å²) in [5, 5.41) is 0. The number of rotatable bonds is 9. The Bertz CT molecular complexity index is 526. The van der Waals surface area contributed by atoms with Crippen LogP contribution < -0.4 is 0 Å². The molecule has 1 aromatic rings. The molecule has 0 amide bonds. The number of Topliss-reactive ketones (excluding diaryl/α,β-unsaturated/α-hetero) is 1. The molecule has 0 aromatic heterocycles. The summed E-state index contributed by atoms with van der Waals surface area (Å²) < 4.78 is 17.9. The van der Waals surface area contributed by atoms with Gasteiger partial charge in [-0.2, -0.15) is 0 Å². The van der Waals surface area contributed by atoms with E-state index in [-0.39, 0.29) is 17.5 Å². The standard InChI is InChI=1S/C20H30O4/c1-16(21)11-12-18-20(4,24-19(2,3)23-18)13-8-14-22-15-17-9-6-5-7-10-17/h5-7,9-10,18H,8,11-15H2,1-4H3/t18-,20+/m1/s1. The summed E-state index contributed by atoms with van der Waals surface area (Å²) in [5.74, 6) is -0.405. The van der Waals surface area contributed by atoms with E-state index < -0.39 is 5.79 Å². The largest absolute Gasteiger partial charge is 0.377 e. The molecule has 0 unspecified atom stereocenters. The van der Waals surface area contributed by atoms with Crippen molar-refractivity contribution in [2.75, 3.05) is 6.61 Å². The lowest BCUT2D eigenvalue weighted by molar-refractivity contribution is -0.162. The van der Waals surface area contributed by atoms with Crippen LogP contribution in [0.1, 0.15) is 58.9 Å². The predicted molar refractivity (Wildman–Crippen MR) is 93.7 cm³/mol. The van der Waals surface area contributed by atoms with E-state index in [1.807, 2.05) is 32.0 Å². The van der Waals surface area contributed by atoms with Gasteiger partial charge in [0.15, 0.2) is 5.79 Å². The first-order valence-corrected chi connectivity index (χ1v) is 8.80. The molecule has 1 aliphatic heterocycles. The van der Waals surface area contributed by atoms with E-state index in [0.717, 1.165) is 12.8 Å². The van der Waals surface area contributed by atoms with Gasteiger partial charge in [0, 0.05) is 13.0 Å². The van der Waals surface area contributed by atoms with Crippen LogP contribution >= 0.6 is 0 Å². The van der Waals surface area contributed by atoms with Gasteiger partial charge in [-0.15, -0.1) is 0 Å². The average Bonchev–Trinajstić information content (AvgIpc) is 2.75. The second kappa shape index (κ2) is 8.24. The van der Waals surface area contributed by atoms with Gasteiger partial charge >= 0.3 is 0 Å². The smallest absolute Gasteiger partial charge is 0.164 e. The van der Waals surface area contributed by atoms with Crippen molar-refractivity contribution in [3.8, 4) is 0 Å². The number of carbonyl (C=O) groups excluding carboxylic acids is 1. The van der Waals surface area contributed by atoms with Gasteiger partial charge in [-0.05, 0) is 52.5 Å². The molecule has 1 heterocycles. The van der Waals surface area contributed by atoms with Gasteiger partial charge in [0.1, 0.15) is 5.78 Å². The van der Waals surface area contributed by atoms with E-state index in [9.17, 15) is 4.79 Å². The van der Waals surface area contributed by atoms with Crippen LogP contribution in [0.2, 0.25) is 0 Å². The first-order chi connectivity index (χ1) is 11.3. The van der Waals surface area contributed by atoms with Crippen LogP contribution in [0, 0.1) is 0 Å². The third kappa shape index (κ3) is 5.69. The van der Waals surface area contributed by atoms with Crippen molar-refractivity contribution in [3.63, 3.8) is 0 Å². The molecule has 0 bridgehead atoms. The van der Waals surface area contributed by atoms with Crippen molar-refractivity contribution in [1.82, 2.24) is 0 Å². The first kappa shape index (κ1) is 19.1. The van der Waals surface area contributed by atoms with E-state index in [2.05, 4.69) is 19.1 Å². The highest BCUT2D eigenvalue weighted by Gasteiger charge is 2.49. The van der Waals surface area contributed by atoms with Crippen LogP contribution in [-0.2, 0) is 25.6 Å². The Morgan fingerprint density at radius 1 is 1.21 bits per heavy atom. The van der Waals surface area contributed by atoms with Gasteiger partial charge in [-0.3, -0.25) is 0 Å². The highest BCUT2D eigenvalue weighted by Crippen LogP contribution is 2.41. The van der Waals surface area contributed by atoms with Crippen LogP contribution in [0.15, 0.2) is 30.3 Å². The summed E-state index contributed by atoms with van der Waals surface area (Å²) >= 11 is 0. The molecular formula is C20H30O4. The summed E-state index contributed by atoms with van der Waals surface area (Å²) in [4.78, 5) is 11.3. The zero-order chi connectivity index (χ0) is 17.6. The molecule has 1 saturated heterocycles. The zero-order valence-corrected chi connectivity index (χ0v) is 15.3. The Morgan fingerprint density at radius 2 is 1.92 bits per heavy atom. The molecule has 1 fully saturated rings. The number of carbonyl (C=O) groups is 1. The summed E-state index contributed by atoms with van der Waals surface area (Å²) in [6.45, 7) is 8.90. The van der Waals surface area contributed by atoms with Gasteiger partial charge in [0.05, 0.1) is 18.3 Å². The summed E-state index contributed by atoms with van der Waals surface area (Å²) in [6, 6.07) is 10.2. The molecule has 1 aliphatic rings. The highest BCUT2D eigenvalue weighted by molar-refractivity contribution is 5.75. The van der Waals surface area contributed by atoms with Gasteiger partial charge in [0.2, 0.25) is 0 Å². The number of ketones is 1. The fourth-order valence-electron chi connectivity index (χ4n) is 3.32. The summed E-state index contributed by atoms with van der Waals surface area (Å²) in [7, 11) is 0. The molecule has 2 rings (SSSR count). The highest BCUT2D eigenvalue weighted by atomic mass is 16.8. The second-order valence-corrected chi connectivity index (χ2v) is 7.30. The molecule has 0 aliphatic carbocycles. The molecule has 0 N–H and O–H groups in total. The van der Waals surface area contributed by atoms with Crippen LogP contribution in [0.25, 0.3) is 0 Å². The molecule has 134 valence electrons. The molecule has 1 aromatic carbocycles. The molecule has 4 nitrogen and oxygen atoms in total. The summed E-state index contributed by atoms with van der Waals surface area (Å²) in [6.07, 6.45) is 2.95. The average molecular weight is 334 g/mol. The SMILES string of the molecule is CC(=O)CC[C@H]1OC(C)(C)O[C@@]1(C)CCCOCc1ccccc1. The minimum atomic E-state index is -0.596. The molecule has 0 saturated carbocycles. The van der Waals surface area contributed by atoms with Crippen molar-refractivity contribution in [1.29, 1.82) is 0 Å². The number of hydrogen-bond acceptors (Lipinski definition) is 4. The van der Waals surface area contributed by atoms with Gasteiger partial charge in [0.25, 0.3) is 0 Å². The quantitative estimate of drug-likeness (QED) is 0.633. The number of ether oxygens (including phenoxy) is 3. The lowest BCUT2D eigenvalue weighted by Crippen LogP contribution is -2.37. The maximum Gasteiger partial charge on any atom is 0.164 e. The first-order valence-electron chi connectivity index (χ1n) is 8.80. The topological polar surface area (TPSA) is 44.8 Å². The Balaban J connectivity index is 1.78. The van der Waals surface area contributed by atoms with E-state index in [1.165, 1.54) is 5.56 Å². The fourth-order valence-corrected chi connectivity index (χ4v) is 3.32. The van der Waals surface area contributed by atoms with Crippen LogP contribution in [-0.4, -0.2) is 29.9 Å². The van der Waals surface area contributed by atoms with Crippen molar-refractivity contribution in [2.24, 2.45) is 0 Å². The predicted octanol–water partition coefficient (Wildman–Crippen LogP) is 4.26. The van der Waals surface area contributed by atoms with Crippen molar-refractivity contribution >= 4 is 5.78 Å². The molecule has 2 atom stereocenters. The Labute approximate surface area is 145 Å². The Morgan fingerprint density at radius 3 is 2.58 bits per heavy atom. The molecular weight excluding hydrogens is 304 g/mol. The number of hydrogen-bond donors (Lipinski definition) is 0. The van der Waals surface area contributed by atoms with Crippen molar-refractivity contribution in [3.05, 3.63) is 35.9 Å². The number of benzene rings is 1. The van der Waals surface area contributed by atoms with Crippen molar-refractivity contribution < 1.29 is 19.0 Å². The Kier molecular flexibility index (Phi) is 6.55. The van der Waals surface area contributed by atoms with Crippen molar-refractivity contribution in [2.45, 2.75) is 77.5 Å². The monoisotopic (exact) mass is 334 g/mol. The molecule has 0 radical (unpaired) electrons. The molecule has 24 heavy (non-hydrogen) atoms.